The van der Waals surface area contributed by atoms with Crippen molar-refractivity contribution in [1.82, 2.24) is 0 Å². The summed E-state index contributed by atoms with van der Waals surface area (Å²) in [4.78, 5) is 24.7. The number of carboxylic acid groups (broad SMARTS) is 1. The Morgan fingerprint density at radius 2 is 1.48 bits per heavy atom. The number of unbranched alkanes of at least 4 members (excludes halogenated alkanes) is 4. The summed E-state index contributed by atoms with van der Waals surface area (Å²) in [6.45, 7) is 4.08. The zero-order valence-electron chi connectivity index (χ0n) is 19.2. The molecule has 0 unspecified atom stereocenters. The van der Waals surface area contributed by atoms with Crippen LogP contribution in [0.2, 0.25) is 5.02 Å². The molecule has 0 amide bonds. The molecule has 0 aliphatic carbocycles. The number of aromatic carboxylic acids is 1. The van der Waals surface area contributed by atoms with Crippen LogP contribution in [0.25, 0.3) is 0 Å². The first-order valence-corrected chi connectivity index (χ1v) is 11.5. The Balaban J connectivity index is 2.44. The summed E-state index contributed by atoms with van der Waals surface area (Å²) >= 11 is 6.17. The standard InChI is InChI=1S/C25H31ClO7/c1-4-6-8-10-15-12-17(14-18(27)20(15)24(29)30)33-25(31)21-16(11-9-7-5-2)13-19(32-3)22(26)23(21)28/h12-14,27-28H,4-11H2,1-3H3,(H,29,30). The zero-order chi connectivity index (χ0) is 24.5. The quantitative estimate of drug-likeness (QED) is 0.190. The number of halogens is 1. The van der Waals surface area contributed by atoms with Gasteiger partial charge in [-0.15, -0.1) is 0 Å². The third kappa shape index (κ3) is 6.54. The van der Waals surface area contributed by atoms with E-state index in [0.717, 1.165) is 44.6 Å². The van der Waals surface area contributed by atoms with Crippen LogP contribution in [0.3, 0.4) is 0 Å². The SMILES string of the molecule is CCCCCc1cc(OC(=O)c2c(CCCCC)cc(OC)c(Cl)c2O)cc(O)c1C(=O)O. The minimum absolute atomic E-state index is 0.0140. The second-order valence-electron chi connectivity index (χ2n) is 7.86. The van der Waals surface area contributed by atoms with Gasteiger partial charge in [-0.3, -0.25) is 0 Å². The first-order valence-electron chi connectivity index (χ1n) is 11.1. The van der Waals surface area contributed by atoms with E-state index in [4.69, 9.17) is 21.1 Å². The summed E-state index contributed by atoms with van der Waals surface area (Å²) in [6, 6.07) is 4.13. The molecule has 0 saturated heterocycles. The minimum Gasteiger partial charge on any atom is -0.507 e. The Morgan fingerprint density at radius 1 is 0.909 bits per heavy atom. The van der Waals surface area contributed by atoms with Crippen molar-refractivity contribution < 1.29 is 34.4 Å². The van der Waals surface area contributed by atoms with Crippen molar-refractivity contribution in [2.24, 2.45) is 0 Å². The first kappa shape index (κ1) is 26.3. The lowest BCUT2D eigenvalue weighted by Gasteiger charge is -2.16. The summed E-state index contributed by atoms with van der Waals surface area (Å²) in [5.41, 5.74) is 0.619. The molecule has 0 spiro atoms. The van der Waals surface area contributed by atoms with E-state index >= 15 is 0 Å². The lowest BCUT2D eigenvalue weighted by atomic mass is 9.99. The van der Waals surface area contributed by atoms with E-state index in [9.17, 15) is 24.9 Å². The largest absolute Gasteiger partial charge is 0.507 e. The van der Waals surface area contributed by atoms with E-state index in [-0.39, 0.29) is 27.6 Å². The second-order valence-corrected chi connectivity index (χ2v) is 8.24. The Bertz CT molecular complexity index is 1000. The Morgan fingerprint density at radius 3 is 2.00 bits per heavy atom. The highest BCUT2D eigenvalue weighted by Crippen LogP contribution is 2.40. The number of hydrogen-bond acceptors (Lipinski definition) is 6. The summed E-state index contributed by atoms with van der Waals surface area (Å²) in [7, 11) is 1.42. The fourth-order valence-electron chi connectivity index (χ4n) is 3.69. The number of aryl methyl sites for hydroxylation is 2. The molecule has 0 fully saturated rings. The van der Waals surface area contributed by atoms with Crippen LogP contribution >= 0.6 is 11.6 Å². The van der Waals surface area contributed by atoms with E-state index in [1.807, 2.05) is 6.92 Å². The highest BCUT2D eigenvalue weighted by molar-refractivity contribution is 6.34. The molecule has 7 nitrogen and oxygen atoms in total. The van der Waals surface area contributed by atoms with Gasteiger partial charge in [0.2, 0.25) is 0 Å². The lowest BCUT2D eigenvalue weighted by molar-refractivity contribution is 0.0692. The average molecular weight is 479 g/mol. The fraction of sp³-hybridized carbons (Fsp3) is 0.440. The zero-order valence-corrected chi connectivity index (χ0v) is 20.0. The van der Waals surface area contributed by atoms with Gasteiger partial charge in [0.1, 0.15) is 33.4 Å². The molecule has 0 radical (unpaired) electrons. The van der Waals surface area contributed by atoms with Crippen LogP contribution in [-0.4, -0.2) is 34.4 Å². The fourth-order valence-corrected chi connectivity index (χ4v) is 3.92. The van der Waals surface area contributed by atoms with Gasteiger partial charge in [0.15, 0.2) is 5.75 Å². The van der Waals surface area contributed by atoms with Gasteiger partial charge in [0, 0.05) is 6.07 Å². The van der Waals surface area contributed by atoms with Crippen molar-refractivity contribution in [2.45, 2.75) is 65.2 Å². The first-order chi connectivity index (χ1) is 15.7. The maximum atomic E-state index is 13.1. The normalized spacial score (nSPS) is 10.8. The predicted octanol–water partition coefficient (Wildman–Crippen LogP) is 6.14. The van der Waals surface area contributed by atoms with E-state index in [2.05, 4.69) is 6.92 Å². The van der Waals surface area contributed by atoms with Crippen LogP contribution in [0.1, 0.15) is 84.2 Å². The minimum atomic E-state index is -1.25. The monoisotopic (exact) mass is 478 g/mol. The average Bonchev–Trinajstić information content (AvgIpc) is 2.75. The van der Waals surface area contributed by atoms with E-state index < -0.39 is 23.4 Å². The molecule has 0 aliphatic heterocycles. The molecule has 2 aromatic carbocycles. The number of esters is 1. The maximum absolute atomic E-state index is 13.1. The molecule has 2 aromatic rings. The molecule has 8 heteroatoms. The van der Waals surface area contributed by atoms with Crippen LogP contribution in [0.4, 0.5) is 0 Å². The molecule has 0 atom stereocenters. The molecular formula is C25H31ClO7. The van der Waals surface area contributed by atoms with Gasteiger partial charge in [-0.2, -0.15) is 0 Å². The number of hydrogen-bond donors (Lipinski definition) is 3. The van der Waals surface area contributed by atoms with Gasteiger partial charge >= 0.3 is 11.9 Å². The third-order valence-electron chi connectivity index (χ3n) is 5.41. The number of benzene rings is 2. The van der Waals surface area contributed by atoms with Crippen molar-refractivity contribution in [1.29, 1.82) is 0 Å². The highest BCUT2D eigenvalue weighted by Gasteiger charge is 2.25. The van der Waals surface area contributed by atoms with Crippen molar-refractivity contribution in [3.8, 4) is 23.0 Å². The summed E-state index contributed by atoms with van der Waals surface area (Å²) in [5, 5.41) is 30.3. The molecule has 2 rings (SSSR count). The second kappa shape index (κ2) is 12.3. The van der Waals surface area contributed by atoms with Gasteiger partial charge in [0.25, 0.3) is 0 Å². The number of rotatable bonds is 12. The van der Waals surface area contributed by atoms with Crippen molar-refractivity contribution in [2.75, 3.05) is 7.11 Å². The number of methoxy groups -OCH3 is 1. The summed E-state index contributed by atoms with van der Waals surface area (Å²) in [5.74, 6) is -2.81. The number of phenols is 2. The molecule has 180 valence electrons. The number of aromatic hydroxyl groups is 2. The number of ether oxygens (including phenoxy) is 2. The number of phenolic OH excluding ortho intramolecular Hbond substituents is 1. The van der Waals surface area contributed by atoms with Crippen LogP contribution < -0.4 is 9.47 Å². The molecular weight excluding hydrogens is 448 g/mol. The smallest absolute Gasteiger partial charge is 0.347 e. The van der Waals surface area contributed by atoms with E-state index in [1.165, 1.54) is 13.2 Å². The van der Waals surface area contributed by atoms with Crippen LogP contribution in [0.5, 0.6) is 23.0 Å². The molecule has 0 saturated carbocycles. The topological polar surface area (TPSA) is 113 Å². The van der Waals surface area contributed by atoms with Gasteiger partial charge < -0.3 is 24.8 Å². The Labute approximate surface area is 198 Å². The molecule has 3 N–H and O–H groups in total. The Hall–Kier alpha value is -2.93. The van der Waals surface area contributed by atoms with Crippen LogP contribution in [0.15, 0.2) is 18.2 Å². The van der Waals surface area contributed by atoms with Crippen LogP contribution in [-0.2, 0) is 12.8 Å². The molecule has 33 heavy (non-hydrogen) atoms. The summed E-state index contributed by atoms with van der Waals surface area (Å²) in [6.07, 6.45) is 6.19. The maximum Gasteiger partial charge on any atom is 0.347 e. The Kier molecular flexibility index (Phi) is 9.85. The third-order valence-corrected chi connectivity index (χ3v) is 5.77. The van der Waals surface area contributed by atoms with Crippen molar-refractivity contribution >= 4 is 23.5 Å². The van der Waals surface area contributed by atoms with Gasteiger partial charge in [-0.1, -0.05) is 51.1 Å². The highest BCUT2D eigenvalue weighted by atomic mass is 35.5. The van der Waals surface area contributed by atoms with Gasteiger partial charge in [-0.25, -0.2) is 9.59 Å². The molecule has 0 bridgehead atoms. The summed E-state index contributed by atoms with van der Waals surface area (Å²) < 4.78 is 10.7. The predicted molar refractivity (Wildman–Crippen MR) is 126 cm³/mol. The molecule has 0 aliphatic rings. The van der Waals surface area contributed by atoms with Gasteiger partial charge in [-0.05, 0) is 48.9 Å². The van der Waals surface area contributed by atoms with E-state index in [0.29, 0.717) is 24.0 Å². The molecule has 0 aromatic heterocycles. The van der Waals surface area contributed by atoms with Crippen molar-refractivity contribution in [3.05, 3.63) is 45.5 Å². The number of carbonyl (C=O) groups excluding carboxylic acids is 1. The lowest BCUT2D eigenvalue weighted by Crippen LogP contribution is -2.13. The van der Waals surface area contributed by atoms with Crippen LogP contribution in [0, 0.1) is 0 Å². The number of carbonyl (C=O) groups is 2. The van der Waals surface area contributed by atoms with E-state index in [1.54, 1.807) is 6.07 Å². The molecule has 0 heterocycles. The van der Waals surface area contributed by atoms with Gasteiger partial charge in [0.05, 0.1) is 7.11 Å². The van der Waals surface area contributed by atoms with Crippen molar-refractivity contribution in [3.63, 3.8) is 0 Å². The number of carboxylic acids is 1.